The van der Waals surface area contributed by atoms with Crippen LogP contribution < -0.4 is 9.47 Å². The Kier molecular flexibility index (Phi) is 7.18. The van der Waals surface area contributed by atoms with E-state index < -0.39 is 5.25 Å². The second kappa shape index (κ2) is 10.4. The topological polar surface area (TPSA) is 69.5 Å². The Bertz CT molecular complexity index is 1260. The third-order valence-electron chi connectivity index (χ3n) is 5.28. The molecule has 0 saturated carbocycles. The van der Waals surface area contributed by atoms with E-state index in [-0.39, 0.29) is 5.91 Å². The van der Waals surface area contributed by atoms with Crippen LogP contribution in [-0.2, 0) is 4.79 Å². The predicted molar refractivity (Wildman–Crippen MR) is 134 cm³/mol. The lowest BCUT2D eigenvalue weighted by Crippen LogP contribution is -2.27. The Morgan fingerprint density at radius 2 is 1.53 bits per heavy atom. The average molecular weight is 475 g/mol. The number of likely N-dealkylation sites (N-methyl/N-ethyl adjacent to an activating group) is 1. The van der Waals surface area contributed by atoms with Gasteiger partial charge in [0.15, 0.2) is 22.5 Å². The highest BCUT2D eigenvalue weighted by Gasteiger charge is 2.28. The van der Waals surface area contributed by atoms with Gasteiger partial charge in [-0.2, -0.15) is 0 Å². The van der Waals surface area contributed by atoms with Crippen molar-refractivity contribution in [2.45, 2.75) is 10.4 Å². The molecule has 0 N–H and O–H groups in total. The first kappa shape index (κ1) is 23.4. The molecular weight excluding hydrogens is 448 g/mol. The van der Waals surface area contributed by atoms with Crippen molar-refractivity contribution in [3.8, 4) is 28.6 Å². The summed E-state index contributed by atoms with van der Waals surface area (Å²) < 4.78 is 12.9. The van der Waals surface area contributed by atoms with Gasteiger partial charge in [0.05, 0.1) is 19.9 Å². The van der Waals surface area contributed by atoms with Crippen LogP contribution in [0, 0.1) is 0 Å². The van der Waals surface area contributed by atoms with Crippen molar-refractivity contribution >= 4 is 17.7 Å². The molecule has 34 heavy (non-hydrogen) atoms. The van der Waals surface area contributed by atoms with E-state index >= 15 is 0 Å². The van der Waals surface area contributed by atoms with Crippen molar-refractivity contribution in [3.63, 3.8) is 0 Å². The standard InChI is InChI=1S/C26H26N4O3S/c1-29(2)25(31)23(18-11-7-5-8-12-18)34-26-28-27-24(19-13-9-6-10-14-19)30(26)20-15-16-21(32-3)22(17-20)33-4/h5-17,23H,1-4H3. The fourth-order valence-electron chi connectivity index (χ4n) is 3.55. The zero-order valence-corrected chi connectivity index (χ0v) is 20.3. The van der Waals surface area contributed by atoms with Crippen molar-refractivity contribution in [1.82, 2.24) is 19.7 Å². The molecule has 0 saturated heterocycles. The molecule has 174 valence electrons. The number of carbonyl (C=O) groups is 1. The molecule has 0 spiro atoms. The number of carbonyl (C=O) groups excluding carboxylic acids is 1. The van der Waals surface area contributed by atoms with Gasteiger partial charge in [0.2, 0.25) is 5.91 Å². The Morgan fingerprint density at radius 3 is 2.15 bits per heavy atom. The van der Waals surface area contributed by atoms with Gasteiger partial charge in [-0.1, -0.05) is 72.4 Å². The summed E-state index contributed by atoms with van der Waals surface area (Å²) in [6, 6.07) is 25.2. The van der Waals surface area contributed by atoms with E-state index in [1.165, 1.54) is 11.8 Å². The maximum absolute atomic E-state index is 13.2. The van der Waals surface area contributed by atoms with Crippen molar-refractivity contribution in [2.24, 2.45) is 0 Å². The number of rotatable bonds is 8. The Hall–Kier alpha value is -3.78. The molecule has 1 amide bonds. The van der Waals surface area contributed by atoms with Crippen LogP contribution in [0.3, 0.4) is 0 Å². The molecule has 1 heterocycles. The summed E-state index contributed by atoms with van der Waals surface area (Å²) in [6.45, 7) is 0. The SMILES string of the molecule is COc1ccc(-n2c(SC(C(=O)N(C)C)c3ccccc3)nnc2-c2ccccc2)cc1OC. The molecule has 3 aromatic carbocycles. The van der Waals surface area contributed by atoms with Gasteiger partial charge in [0.25, 0.3) is 0 Å². The first-order chi connectivity index (χ1) is 16.5. The average Bonchev–Trinajstić information content (AvgIpc) is 3.31. The summed E-state index contributed by atoms with van der Waals surface area (Å²) in [5.41, 5.74) is 2.61. The van der Waals surface area contributed by atoms with E-state index in [0.29, 0.717) is 22.5 Å². The van der Waals surface area contributed by atoms with E-state index in [9.17, 15) is 4.79 Å². The lowest BCUT2D eigenvalue weighted by atomic mass is 10.1. The molecule has 4 rings (SSSR count). The third-order valence-corrected chi connectivity index (χ3v) is 6.47. The summed E-state index contributed by atoms with van der Waals surface area (Å²) in [5.74, 6) is 1.85. The molecule has 1 atom stereocenters. The van der Waals surface area contributed by atoms with Gasteiger partial charge in [-0.3, -0.25) is 9.36 Å². The number of ether oxygens (including phenoxy) is 2. The predicted octanol–water partition coefficient (Wildman–Crippen LogP) is 4.87. The van der Waals surface area contributed by atoms with Crippen LogP contribution in [0.4, 0.5) is 0 Å². The lowest BCUT2D eigenvalue weighted by Gasteiger charge is -2.21. The van der Waals surface area contributed by atoms with Crippen molar-refractivity contribution < 1.29 is 14.3 Å². The highest BCUT2D eigenvalue weighted by atomic mass is 32.2. The number of thioether (sulfide) groups is 1. The van der Waals surface area contributed by atoms with Gasteiger partial charge in [0, 0.05) is 25.7 Å². The van der Waals surface area contributed by atoms with Crippen molar-refractivity contribution in [2.75, 3.05) is 28.3 Å². The molecule has 0 fully saturated rings. The number of nitrogens with zero attached hydrogens (tertiary/aromatic N) is 4. The monoisotopic (exact) mass is 474 g/mol. The molecule has 1 unspecified atom stereocenters. The lowest BCUT2D eigenvalue weighted by molar-refractivity contribution is -0.128. The molecule has 4 aromatic rings. The van der Waals surface area contributed by atoms with Crippen molar-refractivity contribution in [3.05, 3.63) is 84.4 Å². The second-order valence-corrected chi connectivity index (χ2v) is 8.76. The molecule has 0 aliphatic carbocycles. The molecular formula is C26H26N4O3S. The van der Waals surface area contributed by atoms with Crippen LogP contribution in [-0.4, -0.2) is 53.9 Å². The number of benzene rings is 3. The fraction of sp³-hybridized carbons (Fsp3) is 0.192. The molecule has 8 heteroatoms. The molecule has 0 bridgehead atoms. The number of amides is 1. The van der Waals surface area contributed by atoms with E-state index in [2.05, 4.69) is 10.2 Å². The minimum atomic E-state index is -0.483. The smallest absolute Gasteiger partial charge is 0.240 e. The van der Waals surface area contributed by atoms with Gasteiger partial charge in [-0.15, -0.1) is 10.2 Å². The zero-order valence-electron chi connectivity index (χ0n) is 19.5. The Morgan fingerprint density at radius 1 is 0.882 bits per heavy atom. The summed E-state index contributed by atoms with van der Waals surface area (Å²) in [4.78, 5) is 14.8. The fourth-order valence-corrected chi connectivity index (χ4v) is 4.75. The van der Waals surface area contributed by atoms with Gasteiger partial charge in [-0.05, 0) is 17.7 Å². The number of hydrogen-bond acceptors (Lipinski definition) is 6. The molecule has 1 aromatic heterocycles. The van der Waals surface area contributed by atoms with Crippen LogP contribution in [0.25, 0.3) is 17.1 Å². The second-order valence-electron chi connectivity index (χ2n) is 7.69. The van der Waals surface area contributed by atoms with Crippen LogP contribution in [0.2, 0.25) is 0 Å². The van der Waals surface area contributed by atoms with Gasteiger partial charge < -0.3 is 14.4 Å². The maximum Gasteiger partial charge on any atom is 0.240 e. The number of aromatic nitrogens is 3. The van der Waals surface area contributed by atoms with Crippen molar-refractivity contribution in [1.29, 1.82) is 0 Å². The molecule has 0 radical (unpaired) electrons. The third kappa shape index (κ3) is 4.77. The zero-order chi connectivity index (χ0) is 24.1. The molecule has 0 aliphatic heterocycles. The highest BCUT2D eigenvalue weighted by Crippen LogP contribution is 2.39. The summed E-state index contributed by atoms with van der Waals surface area (Å²) in [6.07, 6.45) is 0. The summed E-state index contributed by atoms with van der Waals surface area (Å²) >= 11 is 1.36. The first-order valence-corrected chi connectivity index (χ1v) is 11.6. The van der Waals surface area contributed by atoms with Crippen LogP contribution in [0.15, 0.2) is 84.0 Å². The number of hydrogen-bond donors (Lipinski definition) is 0. The quantitative estimate of drug-likeness (QED) is 0.339. The van der Waals surface area contributed by atoms with Crippen LogP contribution in [0.1, 0.15) is 10.8 Å². The maximum atomic E-state index is 13.2. The molecule has 0 aliphatic rings. The van der Waals surface area contributed by atoms with E-state index in [1.807, 2.05) is 83.4 Å². The Labute approximate surface area is 203 Å². The Balaban J connectivity index is 1.86. The molecule has 7 nitrogen and oxygen atoms in total. The first-order valence-electron chi connectivity index (χ1n) is 10.7. The largest absolute Gasteiger partial charge is 0.493 e. The van der Waals surface area contributed by atoms with Gasteiger partial charge in [0.1, 0.15) is 5.25 Å². The number of methoxy groups -OCH3 is 2. The highest BCUT2D eigenvalue weighted by molar-refractivity contribution is 8.00. The minimum Gasteiger partial charge on any atom is -0.493 e. The van der Waals surface area contributed by atoms with E-state index in [1.54, 1.807) is 33.2 Å². The normalized spacial score (nSPS) is 11.6. The van der Waals surface area contributed by atoms with E-state index in [4.69, 9.17) is 9.47 Å². The van der Waals surface area contributed by atoms with Gasteiger partial charge >= 0.3 is 0 Å². The van der Waals surface area contributed by atoms with Crippen LogP contribution in [0.5, 0.6) is 11.5 Å². The minimum absolute atomic E-state index is 0.0284. The summed E-state index contributed by atoms with van der Waals surface area (Å²) in [7, 11) is 6.72. The summed E-state index contributed by atoms with van der Waals surface area (Å²) in [5, 5.41) is 9.12. The van der Waals surface area contributed by atoms with E-state index in [0.717, 1.165) is 16.8 Å². The van der Waals surface area contributed by atoms with Gasteiger partial charge in [-0.25, -0.2) is 0 Å². The van der Waals surface area contributed by atoms with Crippen LogP contribution >= 0.6 is 11.8 Å².